The number of amides is 2. The van der Waals surface area contributed by atoms with Crippen molar-refractivity contribution in [3.05, 3.63) is 71.8 Å². The van der Waals surface area contributed by atoms with E-state index < -0.39 is 29.2 Å². The third-order valence-corrected chi connectivity index (χ3v) is 4.89. The molecule has 0 bridgehead atoms. The quantitative estimate of drug-likeness (QED) is 0.367. The maximum Gasteiger partial charge on any atom is 0.424 e. The van der Waals surface area contributed by atoms with Crippen molar-refractivity contribution in [1.82, 2.24) is 15.3 Å². The summed E-state index contributed by atoms with van der Waals surface area (Å²) in [6.45, 7) is 10.1. The topological polar surface area (TPSA) is 123 Å². The second-order valence-electron chi connectivity index (χ2n) is 10.6. The molecule has 1 heterocycles. The minimum atomic E-state index is -1.06. The number of nitrogens with one attached hydrogen (secondary N) is 1. The van der Waals surface area contributed by atoms with Gasteiger partial charge in [-0.1, -0.05) is 18.2 Å². The van der Waals surface area contributed by atoms with Crippen molar-refractivity contribution in [3.63, 3.8) is 0 Å². The number of aromatic nitrogens is 2. The van der Waals surface area contributed by atoms with Crippen LogP contribution in [0.25, 0.3) is 0 Å². The molecule has 1 aromatic heterocycles. The van der Waals surface area contributed by atoms with Gasteiger partial charge in [0.2, 0.25) is 0 Å². The van der Waals surface area contributed by atoms with Gasteiger partial charge in [0.15, 0.2) is 5.82 Å². The number of phenols is 1. The van der Waals surface area contributed by atoms with Crippen molar-refractivity contribution < 1.29 is 33.3 Å². The zero-order chi connectivity index (χ0) is 28.8. The fourth-order valence-electron chi connectivity index (χ4n) is 3.29. The van der Waals surface area contributed by atoms with Gasteiger partial charge in [0.25, 0.3) is 0 Å². The molecule has 10 nitrogen and oxygen atoms in total. The minimum absolute atomic E-state index is 0.0334. The minimum Gasteiger partial charge on any atom is -0.507 e. The monoisotopic (exact) mass is 540 g/mol. The molecule has 2 aromatic carbocycles. The molecule has 0 aliphatic rings. The molecule has 0 aliphatic carbocycles. The molecule has 0 atom stereocenters. The first kappa shape index (κ1) is 29.3. The second-order valence-corrected chi connectivity index (χ2v) is 10.6. The van der Waals surface area contributed by atoms with Gasteiger partial charge in [0.1, 0.15) is 22.7 Å². The normalized spacial score (nSPS) is 11.6. The van der Waals surface area contributed by atoms with Crippen molar-refractivity contribution in [3.8, 4) is 17.5 Å². The number of hydrogen-bond acceptors (Lipinski definition) is 9. The highest BCUT2D eigenvalue weighted by Crippen LogP contribution is 2.28. The number of imide groups is 1. The molecule has 11 heteroatoms. The lowest BCUT2D eigenvalue weighted by Gasteiger charge is -2.29. The first-order valence-electron chi connectivity index (χ1n) is 12.2. The Morgan fingerprint density at radius 3 is 2.05 bits per heavy atom. The molecule has 0 aliphatic heterocycles. The maximum atomic E-state index is 15.6. The van der Waals surface area contributed by atoms with Crippen LogP contribution in [0.5, 0.6) is 17.5 Å². The molecular weight excluding hydrogens is 507 g/mol. The van der Waals surface area contributed by atoms with Crippen LogP contribution >= 0.6 is 0 Å². The van der Waals surface area contributed by atoms with E-state index in [0.717, 1.165) is 0 Å². The van der Waals surface area contributed by atoms with Crippen LogP contribution in [0.2, 0.25) is 0 Å². The van der Waals surface area contributed by atoms with Crippen LogP contribution in [0.4, 0.5) is 19.7 Å². The van der Waals surface area contributed by atoms with Crippen LogP contribution in [-0.4, -0.2) is 38.5 Å². The Morgan fingerprint density at radius 2 is 1.49 bits per heavy atom. The van der Waals surface area contributed by atoms with Crippen LogP contribution in [0.1, 0.15) is 52.7 Å². The van der Waals surface area contributed by atoms with E-state index in [9.17, 15) is 14.7 Å². The zero-order valence-electron chi connectivity index (χ0n) is 22.8. The van der Waals surface area contributed by atoms with Gasteiger partial charge < -0.3 is 24.6 Å². The van der Waals surface area contributed by atoms with Gasteiger partial charge in [-0.2, -0.15) is 4.90 Å². The Balaban J connectivity index is 1.74. The number of hydrogen-bond donors (Lipinski definition) is 2. The molecule has 0 saturated carbocycles. The highest BCUT2D eigenvalue weighted by atomic mass is 19.1. The van der Waals surface area contributed by atoms with Gasteiger partial charge in [0, 0.05) is 42.7 Å². The molecule has 3 aromatic rings. The lowest BCUT2D eigenvalue weighted by Crippen LogP contribution is -2.44. The Bertz CT molecular complexity index is 1280. The number of carbonyl (C=O) groups excluding carboxylic acids is 2. The number of benzene rings is 2. The van der Waals surface area contributed by atoms with Gasteiger partial charge in [0.05, 0.1) is 5.69 Å². The van der Waals surface area contributed by atoms with Crippen molar-refractivity contribution in [2.45, 2.75) is 65.8 Å². The fourth-order valence-corrected chi connectivity index (χ4v) is 3.29. The molecule has 0 spiro atoms. The summed E-state index contributed by atoms with van der Waals surface area (Å²) in [5.74, 6) is -0.477. The Hall–Kier alpha value is -4.25. The molecule has 3 rings (SSSR count). The Labute approximate surface area is 226 Å². The highest BCUT2D eigenvalue weighted by Gasteiger charge is 2.34. The summed E-state index contributed by atoms with van der Waals surface area (Å²) in [5.41, 5.74) is -1.43. The first-order chi connectivity index (χ1) is 18.2. The Kier molecular flexibility index (Phi) is 9.08. The van der Waals surface area contributed by atoms with Gasteiger partial charge in [-0.05, 0) is 59.7 Å². The SMILES string of the molecule is CC(C)(C)OC(=O)N(C(=O)OC(C)(C)C)c1cccc(CNCc2ccc(Oc3ncccn3)cc2O)c1F. The summed E-state index contributed by atoms with van der Waals surface area (Å²) in [4.78, 5) is 34.3. The standard InChI is InChI=1S/C28H33FN4O6/c1-27(2,3)38-25(35)33(26(36)39-28(4,5)6)21-10-7-9-19(23(21)29)17-30-16-18-11-12-20(15-22(18)34)37-24-31-13-8-14-32-24/h7-15,30,34H,16-17H2,1-6H3. The van der Waals surface area contributed by atoms with Gasteiger partial charge >= 0.3 is 18.2 Å². The summed E-state index contributed by atoms with van der Waals surface area (Å²) in [6, 6.07) is 10.9. The predicted octanol–water partition coefficient (Wildman–Crippen LogP) is 6.08. The third kappa shape index (κ3) is 8.64. The third-order valence-electron chi connectivity index (χ3n) is 4.89. The van der Waals surface area contributed by atoms with Crippen LogP contribution in [0.3, 0.4) is 0 Å². The van der Waals surface area contributed by atoms with Crippen LogP contribution in [0.15, 0.2) is 54.9 Å². The van der Waals surface area contributed by atoms with E-state index in [0.29, 0.717) is 16.2 Å². The molecular formula is C28H33FN4O6. The van der Waals surface area contributed by atoms with E-state index in [-0.39, 0.29) is 36.1 Å². The molecule has 0 unspecified atom stereocenters. The number of halogens is 1. The number of aromatic hydroxyl groups is 1. The van der Waals surface area contributed by atoms with Gasteiger partial charge in [-0.15, -0.1) is 0 Å². The predicted molar refractivity (Wildman–Crippen MR) is 142 cm³/mol. The van der Waals surface area contributed by atoms with E-state index in [1.165, 1.54) is 36.7 Å². The molecule has 2 amide bonds. The lowest BCUT2D eigenvalue weighted by atomic mass is 10.1. The van der Waals surface area contributed by atoms with E-state index in [1.54, 1.807) is 59.7 Å². The largest absolute Gasteiger partial charge is 0.507 e. The van der Waals surface area contributed by atoms with E-state index in [4.69, 9.17) is 14.2 Å². The molecule has 208 valence electrons. The highest BCUT2D eigenvalue weighted by molar-refractivity contribution is 6.09. The van der Waals surface area contributed by atoms with Gasteiger partial charge in [-0.25, -0.2) is 23.9 Å². The number of rotatable bonds is 7. The number of nitrogens with zero attached hydrogens (tertiary/aromatic N) is 3. The number of carbonyl (C=O) groups is 2. The first-order valence-corrected chi connectivity index (χ1v) is 12.2. The summed E-state index contributed by atoms with van der Waals surface area (Å²) in [5, 5.41) is 13.5. The summed E-state index contributed by atoms with van der Waals surface area (Å²) < 4.78 is 31.8. The molecule has 0 saturated heterocycles. The zero-order valence-corrected chi connectivity index (χ0v) is 22.8. The fraction of sp³-hybridized carbons (Fsp3) is 0.357. The van der Waals surface area contributed by atoms with E-state index >= 15 is 4.39 Å². The average Bonchev–Trinajstić information content (AvgIpc) is 2.81. The van der Waals surface area contributed by atoms with Crippen LogP contribution in [0, 0.1) is 5.82 Å². The Morgan fingerprint density at radius 1 is 0.897 bits per heavy atom. The van der Waals surface area contributed by atoms with Crippen molar-refractivity contribution >= 4 is 17.9 Å². The molecule has 0 fully saturated rings. The molecule has 2 N–H and O–H groups in total. The van der Waals surface area contributed by atoms with Crippen molar-refractivity contribution in [2.24, 2.45) is 0 Å². The summed E-state index contributed by atoms with van der Waals surface area (Å²) >= 11 is 0. The summed E-state index contributed by atoms with van der Waals surface area (Å²) in [6.07, 6.45) is 0.951. The number of phenolic OH excluding ortho intramolecular Hbond substituents is 1. The van der Waals surface area contributed by atoms with Crippen molar-refractivity contribution in [1.29, 1.82) is 0 Å². The second kappa shape index (κ2) is 12.1. The van der Waals surface area contributed by atoms with E-state index in [1.807, 2.05) is 0 Å². The smallest absolute Gasteiger partial charge is 0.424 e. The van der Waals surface area contributed by atoms with Crippen LogP contribution in [-0.2, 0) is 22.6 Å². The summed E-state index contributed by atoms with van der Waals surface area (Å²) in [7, 11) is 0. The molecule has 0 radical (unpaired) electrons. The average molecular weight is 541 g/mol. The van der Waals surface area contributed by atoms with E-state index in [2.05, 4.69) is 15.3 Å². The number of anilines is 1. The lowest BCUT2D eigenvalue weighted by molar-refractivity contribution is 0.0429. The van der Waals surface area contributed by atoms with Crippen molar-refractivity contribution in [2.75, 3.05) is 4.90 Å². The number of ether oxygens (including phenoxy) is 3. The maximum absolute atomic E-state index is 15.6. The molecule has 39 heavy (non-hydrogen) atoms. The van der Waals surface area contributed by atoms with Crippen LogP contribution < -0.4 is 15.0 Å². The van der Waals surface area contributed by atoms with Gasteiger partial charge in [-0.3, -0.25) is 0 Å².